The van der Waals surface area contributed by atoms with Crippen molar-refractivity contribution in [2.75, 3.05) is 18.3 Å². The van der Waals surface area contributed by atoms with E-state index in [2.05, 4.69) is 47.5 Å². The minimum Gasteiger partial charge on any atom is -0.394 e. The lowest BCUT2D eigenvalue weighted by molar-refractivity contribution is 0.0498. The highest BCUT2D eigenvalue weighted by Crippen LogP contribution is 2.43. The second kappa shape index (κ2) is 9.57. The van der Waals surface area contributed by atoms with Crippen molar-refractivity contribution in [2.45, 2.75) is 29.7 Å². The molecule has 7 heteroatoms. The zero-order valence-electron chi connectivity index (χ0n) is 20.4. The van der Waals surface area contributed by atoms with Crippen LogP contribution in [0.25, 0.3) is 0 Å². The van der Waals surface area contributed by atoms with Gasteiger partial charge in [-0.1, -0.05) is 72.8 Å². The van der Waals surface area contributed by atoms with E-state index in [0.29, 0.717) is 11.3 Å². The van der Waals surface area contributed by atoms with Crippen molar-refractivity contribution in [3.8, 4) is 0 Å². The van der Waals surface area contributed by atoms with Crippen LogP contribution >= 0.6 is 11.8 Å². The third-order valence-electron chi connectivity index (χ3n) is 7.34. The molecule has 0 fully saturated rings. The smallest absolute Gasteiger partial charge is 0.274 e. The minimum absolute atomic E-state index is 0.182. The molecule has 0 saturated carbocycles. The summed E-state index contributed by atoms with van der Waals surface area (Å²) in [5.74, 6) is 0.582. The number of pyridine rings is 1. The van der Waals surface area contributed by atoms with Gasteiger partial charge in [-0.3, -0.25) is 19.3 Å². The molecule has 0 spiro atoms. The number of hydrogen-bond donors (Lipinski definition) is 1. The van der Waals surface area contributed by atoms with Gasteiger partial charge in [0.15, 0.2) is 5.43 Å². The highest BCUT2D eigenvalue weighted by Gasteiger charge is 2.40. The number of hydrogen-bond acceptors (Lipinski definition) is 5. The van der Waals surface area contributed by atoms with Gasteiger partial charge in [-0.15, -0.1) is 11.8 Å². The molecule has 3 heterocycles. The largest absolute Gasteiger partial charge is 0.394 e. The van der Waals surface area contributed by atoms with Crippen LogP contribution in [0.1, 0.15) is 50.4 Å². The number of carbonyl (C=O) groups is 1. The summed E-state index contributed by atoms with van der Waals surface area (Å²) in [4.78, 5) is 29.6. The SMILES string of the molecule is Cc1c2n(ccc1=O)N(C1c3ccccc3CSc3ccccc31)CN([C@H](CO)c1ccccc1)C2=O. The molecule has 2 aliphatic heterocycles. The molecular weight excluding hydrogens is 482 g/mol. The van der Waals surface area contributed by atoms with E-state index in [1.54, 1.807) is 18.0 Å². The Balaban J connectivity index is 1.59. The van der Waals surface area contributed by atoms with E-state index in [-0.39, 0.29) is 30.7 Å². The Morgan fingerprint density at radius 2 is 1.62 bits per heavy atom. The lowest BCUT2D eigenvalue weighted by atomic mass is 9.94. The van der Waals surface area contributed by atoms with Crippen LogP contribution in [0, 0.1) is 6.92 Å². The lowest BCUT2D eigenvalue weighted by Crippen LogP contribution is -2.57. The maximum absolute atomic E-state index is 14.0. The Bertz CT molecular complexity index is 1490. The molecule has 1 unspecified atom stereocenters. The quantitative estimate of drug-likeness (QED) is 0.434. The second-order valence-electron chi connectivity index (χ2n) is 9.39. The third kappa shape index (κ3) is 3.95. The molecule has 6 nitrogen and oxygen atoms in total. The van der Waals surface area contributed by atoms with E-state index in [1.807, 2.05) is 52.8 Å². The van der Waals surface area contributed by atoms with Crippen LogP contribution in [0.4, 0.5) is 0 Å². The van der Waals surface area contributed by atoms with Crippen molar-refractivity contribution in [3.05, 3.63) is 135 Å². The number of benzene rings is 3. The molecule has 2 aliphatic rings. The number of amides is 1. The molecule has 0 bridgehead atoms. The number of aliphatic hydroxyl groups is 1. The fraction of sp³-hybridized carbons (Fsp3) is 0.200. The summed E-state index contributed by atoms with van der Waals surface area (Å²) in [5.41, 5.74) is 4.94. The Kier molecular flexibility index (Phi) is 6.10. The first-order valence-electron chi connectivity index (χ1n) is 12.3. The molecule has 3 aromatic carbocycles. The fourth-order valence-electron chi connectivity index (χ4n) is 5.44. The Labute approximate surface area is 219 Å². The predicted molar refractivity (Wildman–Crippen MR) is 145 cm³/mol. The molecule has 4 aromatic rings. The number of thioether (sulfide) groups is 1. The number of carbonyl (C=O) groups excluding carboxylic acids is 1. The van der Waals surface area contributed by atoms with Crippen molar-refractivity contribution in [3.63, 3.8) is 0 Å². The number of aliphatic hydroxyl groups excluding tert-OH is 1. The van der Waals surface area contributed by atoms with Crippen molar-refractivity contribution < 1.29 is 9.90 Å². The van der Waals surface area contributed by atoms with Gasteiger partial charge in [0, 0.05) is 28.5 Å². The zero-order valence-corrected chi connectivity index (χ0v) is 21.3. The number of nitrogens with zero attached hydrogens (tertiary/aromatic N) is 3. The van der Waals surface area contributed by atoms with Crippen LogP contribution in [0.3, 0.4) is 0 Å². The van der Waals surface area contributed by atoms with Crippen molar-refractivity contribution in [1.82, 2.24) is 9.58 Å². The second-order valence-corrected chi connectivity index (χ2v) is 10.4. The normalized spacial score (nSPS) is 17.5. The molecule has 186 valence electrons. The minimum atomic E-state index is -0.551. The number of rotatable bonds is 4. The molecule has 1 amide bonds. The van der Waals surface area contributed by atoms with E-state index < -0.39 is 6.04 Å². The van der Waals surface area contributed by atoms with Crippen LogP contribution in [-0.4, -0.2) is 33.9 Å². The molecule has 2 atom stereocenters. The van der Waals surface area contributed by atoms with Gasteiger partial charge >= 0.3 is 0 Å². The van der Waals surface area contributed by atoms with Crippen molar-refractivity contribution in [1.29, 1.82) is 0 Å². The standard InChI is InChI=1S/C30H27N3O3S/c1-20-26(35)15-16-32-28(20)30(36)31(25(17-34)21-9-3-2-4-10-21)19-33(32)29-23-12-6-5-11-22(23)18-37-27-14-8-7-13-24(27)29/h2-16,25,29,34H,17-19H2,1H3/t25-,29?/m1/s1. The highest BCUT2D eigenvalue weighted by molar-refractivity contribution is 7.98. The number of aromatic nitrogens is 1. The predicted octanol–water partition coefficient (Wildman–Crippen LogP) is 4.64. The maximum Gasteiger partial charge on any atom is 0.274 e. The zero-order chi connectivity index (χ0) is 25.5. The molecule has 1 N–H and O–H groups in total. The average molecular weight is 510 g/mol. The van der Waals surface area contributed by atoms with Crippen LogP contribution in [0.5, 0.6) is 0 Å². The van der Waals surface area contributed by atoms with Gasteiger partial charge in [0.05, 0.1) is 18.7 Å². The van der Waals surface area contributed by atoms with Crippen LogP contribution in [0.2, 0.25) is 0 Å². The summed E-state index contributed by atoms with van der Waals surface area (Å²) >= 11 is 1.81. The van der Waals surface area contributed by atoms with E-state index in [4.69, 9.17) is 0 Å². The summed E-state index contributed by atoms with van der Waals surface area (Å²) in [5, 5.41) is 12.6. The van der Waals surface area contributed by atoms with E-state index >= 15 is 0 Å². The first-order valence-corrected chi connectivity index (χ1v) is 13.3. The van der Waals surface area contributed by atoms with Gasteiger partial charge in [-0.25, -0.2) is 0 Å². The van der Waals surface area contributed by atoms with Crippen LogP contribution in [0.15, 0.2) is 101 Å². The summed E-state index contributed by atoms with van der Waals surface area (Å²) in [6.07, 6.45) is 1.71. The van der Waals surface area contributed by atoms with Gasteiger partial charge < -0.3 is 10.0 Å². The Morgan fingerprint density at radius 1 is 0.919 bits per heavy atom. The van der Waals surface area contributed by atoms with E-state index in [1.165, 1.54) is 16.5 Å². The van der Waals surface area contributed by atoms with Gasteiger partial charge in [0.25, 0.3) is 5.91 Å². The Morgan fingerprint density at radius 3 is 2.41 bits per heavy atom. The summed E-state index contributed by atoms with van der Waals surface area (Å²) in [7, 11) is 0. The van der Waals surface area contributed by atoms with Gasteiger partial charge in [0.1, 0.15) is 12.4 Å². The lowest BCUT2D eigenvalue weighted by Gasteiger charge is -2.46. The first-order chi connectivity index (χ1) is 18.1. The summed E-state index contributed by atoms with van der Waals surface area (Å²) in [6.45, 7) is 1.72. The molecule has 0 aliphatic carbocycles. The van der Waals surface area contributed by atoms with E-state index in [0.717, 1.165) is 22.4 Å². The molecule has 0 radical (unpaired) electrons. The van der Waals surface area contributed by atoms with Gasteiger partial charge in [-0.05, 0) is 35.2 Å². The molecule has 37 heavy (non-hydrogen) atoms. The summed E-state index contributed by atoms with van der Waals surface area (Å²) < 4.78 is 1.85. The monoisotopic (exact) mass is 509 g/mol. The topological polar surface area (TPSA) is 65.8 Å². The summed E-state index contributed by atoms with van der Waals surface area (Å²) in [6, 6.07) is 27.2. The van der Waals surface area contributed by atoms with Crippen LogP contribution in [-0.2, 0) is 5.75 Å². The van der Waals surface area contributed by atoms with Gasteiger partial charge in [-0.2, -0.15) is 0 Å². The van der Waals surface area contributed by atoms with Crippen molar-refractivity contribution >= 4 is 17.7 Å². The molecular formula is C30H27N3O3S. The van der Waals surface area contributed by atoms with E-state index in [9.17, 15) is 14.7 Å². The first kappa shape index (κ1) is 23.6. The number of fused-ring (bicyclic) bond motifs is 3. The van der Waals surface area contributed by atoms with Crippen LogP contribution < -0.4 is 10.4 Å². The van der Waals surface area contributed by atoms with Gasteiger partial charge in [0.2, 0.25) is 0 Å². The average Bonchev–Trinajstić information content (AvgIpc) is 3.10. The maximum atomic E-state index is 14.0. The third-order valence-corrected chi connectivity index (χ3v) is 8.47. The van der Waals surface area contributed by atoms with Crippen molar-refractivity contribution in [2.24, 2.45) is 0 Å². The molecule has 0 saturated heterocycles. The highest BCUT2D eigenvalue weighted by atomic mass is 32.2. The fourth-order valence-corrected chi connectivity index (χ4v) is 6.54. The molecule has 1 aromatic heterocycles. The molecule has 6 rings (SSSR count). The Hall–Kier alpha value is -3.81.